The van der Waals surface area contributed by atoms with E-state index in [4.69, 9.17) is 5.73 Å². The van der Waals surface area contributed by atoms with Crippen molar-refractivity contribution < 1.29 is 4.79 Å². The fourth-order valence-electron chi connectivity index (χ4n) is 2.35. The molecule has 0 saturated carbocycles. The molecule has 26 heavy (non-hydrogen) atoms. The van der Waals surface area contributed by atoms with Crippen LogP contribution in [-0.2, 0) is 14.1 Å². The van der Waals surface area contributed by atoms with Crippen molar-refractivity contribution in [2.24, 2.45) is 25.7 Å². The highest BCUT2D eigenvalue weighted by molar-refractivity contribution is 5.97. The Bertz CT molecular complexity index is 922. The highest BCUT2D eigenvalue weighted by atomic mass is 35.5. The number of nitrogens with two attached hydrogens (primary N) is 1. The summed E-state index contributed by atoms with van der Waals surface area (Å²) >= 11 is 0. The molecule has 2 heterocycles. The molecule has 2 aromatic heterocycles. The normalized spacial score (nSPS) is 12.9. The number of hydrogen-bond acceptors (Lipinski definition) is 5. The minimum atomic E-state index is -0.569. The molecule has 0 aromatic carbocycles. The van der Waals surface area contributed by atoms with E-state index < -0.39 is 16.8 Å². The van der Waals surface area contributed by atoms with E-state index in [2.05, 4.69) is 10.3 Å². The molecule has 2 aromatic rings. The van der Waals surface area contributed by atoms with Crippen molar-refractivity contribution in [1.82, 2.24) is 19.4 Å². The van der Waals surface area contributed by atoms with Crippen LogP contribution in [0.5, 0.6) is 0 Å². The van der Waals surface area contributed by atoms with Crippen molar-refractivity contribution in [3.8, 4) is 0 Å². The van der Waals surface area contributed by atoms with E-state index in [1.165, 1.54) is 30.9 Å². The zero-order chi connectivity index (χ0) is 18.2. The second-order valence-electron chi connectivity index (χ2n) is 6.53. The van der Waals surface area contributed by atoms with Crippen LogP contribution in [-0.4, -0.2) is 32.1 Å². The first-order valence-corrected chi connectivity index (χ1v) is 7.70. The Labute approximate surface area is 163 Å². The van der Waals surface area contributed by atoms with Crippen LogP contribution in [0.1, 0.15) is 31.1 Å². The Morgan fingerprint density at radius 2 is 1.85 bits per heavy atom. The Balaban J connectivity index is 0.00000312. The molecule has 1 unspecified atom stereocenters. The van der Waals surface area contributed by atoms with E-state index in [0.29, 0.717) is 0 Å². The maximum atomic E-state index is 12.5. The fourth-order valence-corrected chi connectivity index (χ4v) is 2.35. The van der Waals surface area contributed by atoms with Crippen molar-refractivity contribution >= 4 is 41.8 Å². The zero-order valence-electron chi connectivity index (χ0n) is 15.4. The van der Waals surface area contributed by atoms with Gasteiger partial charge in [-0.3, -0.25) is 18.7 Å². The Morgan fingerprint density at radius 3 is 2.35 bits per heavy atom. The molecular weight excluding hydrogens is 381 g/mol. The van der Waals surface area contributed by atoms with Gasteiger partial charge in [-0.2, -0.15) is 0 Å². The monoisotopic (exact) mass is 405 g/mol. The quantitative estimate of drug-likeness (QED) is 0.772. The van der Waals surface area contributed by atoms with Crippen molar-refractivity contribution in [2.75, 3.05) is 6.54 Å². The summed E-state index contributed by atoms with van der Waals surface area (Å²) in [4.78, 5) is 40.9. The molecule has 0 bridgehead atoms. The van der Waals surface area contributed by atoms with Crippen LogP contribution < -0.4 is 22.3 Å². The minimum Gasteiger partial charge on any atom is -0.345 e. The number of hydrogen-bond donors (Lipinski definition) is 2. The highest BCUT2D eigenvalue weighted by Gasteiger charge is 2.29. The first-order valence-electron chi connectivity index (χ1n) is 7.70. The van der Waals surface area contributed by atoms with Crippen LogP contribution in [0.3, 0.4) is 0 Å². The number of pyridine rings is 1. The molecule has 8 nitrogen and oxygen atoms in total. The lowest BCUT2D eigenvalue weighted by Crippen LogP contribution is -2.55. The van der Waals surface area contributed by atoms with Gasteiger partial charge < -0.3 is 11.1 Å². The van der Waals surface area contributed by atoms with E-state index in [0.717, 1.165) is 4.57 Å². The number of amides is 1. The molecule has 2 rings (SSSR count). The Morgan fingerprint density at radius 1 is 1.27 bits per heavy atom. The number of rotatable bonds is 4. The van der Waals surface area contributed by atoms with Gasteiger partial charge in [0.25, 0.3) is 11.5 Å². The van der Waals surface area contributed by atoms with Gasteiger partial charge in [0.15, 0.2) is 0 Å². The standard InChI is InChI=1S/C16H23N5O3.2ClH/c1-9(2)16(3,8-17)19-13(22)10-6-11-12(18-7-10)20(4)15(24)21(5)14(11)23;;/h6-7,9H,8,17H2,1-5H3,(H,19,22);2*1H. The summed E-state index contributed by atoms with van der Waals surface area (Å²) in [5, 5.41) is 3.12. The second kappa shape index (κ2) is 8.66. The summed E-state index contributed by atoms with van der Waals surface area (Å²) in [6, 6.07) is 1.46. The topological polar surface area (TPSA) is 112 Å². The molecule has 0 aliphatic rings. The Hall–Kier alpha value is -1.90. The molecule has 1 amide bonds. The molecule has 10 heteroatoms. The number of nitrogens with one attached hydrogen (secondary N) is 1. The molecule has 0 spiro atoms. The number of carbonyl (C=O) groups excluding carboxylic acids is 1. The van der Waals surface area contributed by atoms with Crippen LogP contribution >= 0.6 is 24.8 Å². The van der Waals surface area contributed by atoms with E-state index >= 15 is 0 Å². The first kappa shape index (κ1) is 24.1. The maximum absolute atomic E-state index is 12.5. The van der Waals surface area contributed by atoms with Gasteiger partial charge in [-0.15, -0.1) is 24.8 Å². The van der Waals surface area contributed by atoms with Crippen LogP contribution in [0, 0.1) is 5.92 Å². The number of aryl methyl sites for hydroxylation is 1. The van der Waals surface area contributed by atoms with Crippen molar-refractivity contribution in [2.45, 2.75) is 26.3 Å². The summed E-state index contributed by atoms with van der Waals surface area (Å²) in [5.74, 6) is -0.226. The van der Waals surface area contributed by atoms with Gasteiger partial charge in [0.1, 0.15) is 5.65 Å². The number of aromatic nitrogens is 3. The lowest BCUT2D eigenvalue weighted by molar-refractivity contribution is 0.0883. The fraction of sp³-hybridized carbons (Fsp3) is 0.500. The number of halogens is 2. The van der Waals surface area contributed by atoms with Gasteiger partial charge in [0.05, 0.1) is 16.5 Å². The van der Waals surface area contributed by atoms with E-state index in [9.17, 15) is 14.4 Å². The number of fused-ring (bicyclic) bond motifs is 1. The minimum absolute atomic E-state index is 0. The SMILES string of the molecule is CC(C)C(C)(CN)NC(=O)c1cnc2c(c1)c(=O)n(C)c(=O)n2C.Cl.Cl. The third-order valence-corrected chi connectivity index (χ3v) is 4.65. The molecule has 1 atom stereocenters. The van der Waals surface area contributed by atoms with Crippen molar-refractivity contribution in [3.05, 3.63) is 38.7 Å². The molecule has 0 radical (unpaired) electrons. The predicted molar refractivity (Wildman–Crippen MR) is 106 cm³/mol. The van der Waals surface area contributed by atoms with Crippen molar-refractivity contribution in [1.29, 1.82) is 0 Å². The largest absolute Gasteiger partial charge is 0.345 e. The summed E-state index contributed by atoms with van der Waals surface area (Å²) in [5.41, 5.74) is 4.75. The predicted octanol–water partition coefficient (Wildman–Crippen LogP) is 0.579. The third kappa shape index (κ3) is 4.08. The highest BCUT2D eigenvalue weighted by Crippen LogP contribution is 2.16. The molecule has 0 saturated heterocycles. The summed E-state index contributed by atoms with van der Waals surface area (Å²) in [6.07, 6.45) is 1.35. The second-order valence-corrected chi connectivity index (χ2v) is 6.53. The van der Waals surface area contributed by atoms with Crippen LogP contribution in [0.4, 0.5) is 0 Å². The van der Waals surface area contributed by atoms with E-state index in [1.54, 1.807) is 0 Å². The van der Waals surface area contributed by atoms with E-state index in [-0.39, 0.29) is 59.8 Å². The lowest BCUT2D eigenvalue weighted by atomic mass is 9.88. The van der Waals surface area contributed by atoms with Crippen LogP contribution in [0.2, 0.25) is 0 Å². The lowest BCUT2D eigenvalue weighted by Gasteiger charge is -2.33. The first-order chi connectivity index (χ1) is 11.1. The third-order valence-electron chi connectivity index (χ3n) is 4.65. The van der Waals surface area contributed by atoms with Crippen molar-refractivity contribution in [3.63, 3.8) is 0 Å². The van der Waals surface area contributed by atoms with Crippen LogP contribution in [0.25, 0.3) is 11.0 Å². The Kier molecular flexibility index (Phi) is 8.02. The van der Waals surface area contributed by atoms with Gasteiger partial charge >= 0.3 is 5.69 Å². The maximum Gasteiger partial charge on any atom is 0.332 e. The number of nitrogens with zero attached hydrogens (tertiary/aromatic N) is 3. The van der Waals surface area contributed by atoms with Gasteiger partial charge in [0.2, 0.25) is 0 Å². The molecular formula is C16H25Cl2N5O3. The molecule has 146 valence electrons. The summed E-state index contributed by atoms with van der Waals surface area (Å²) < 4.78 is 2.26. The van der Waals surface area contributed by atoms with Crippen LogP contribution in [0.15, 0.2) is 21.9 Å². The summed E-state index contributed by atoms with van der Waals surface area (Å²) in [6.45, 7) is 6.09. The average Bonchev–Trinajstić information content (AvgIpc) is 2.57. The molecule has 0 aliphatic carbocycles. The average molecular weight is 406 g/mol. The van der Waals surface area contributed by atoms with Gasteiger partial charge in [0, 0.05) is 26.8 Å². The zero-order valence-corrected chi connectivity index (χ0v) is 17.0. The number of carbonyl (C=O) groups is 1. The molecule has 3 N–H and O–H groups in total. The molecule has 0 aliphatic heterocycles. The van der Waals surface area contributed by atoms with Gasteiger partial charge in [-0.1, -0.05) is 13.8 Å². The molecule has 0 fully saturated rings. The smallest absolute Gasteiger partial charge is 0.332 e. The van der Waals surface area contributed by atoms with E-state index in [1.807, 2.05) is 20.8 Å². The van der Waals surface area contributed by atoms with Gasteiger partial charge in [-0.05, 0) is 18.9 Å². The summed E-state index contributed by atoms with van der Waals surface area (Å²) in [7, 11) is 2.92. The van der Waals surface area contributed by atoms with Gasteiger partial charge in [-0.25, -0.2) is 9.78 Å².